The molecule has 1 rings (SSSR count). The van der Waals surface area contributed by atoms with Gasteiger partial charge in [-0.25, -0.2) is 4.79 Å². The molecule has 6 heteroatoms. The molecule has 0 fully saturated rings. The fourth-order valence-corrected chi connectivity index (χ4v) is 2.38. The van der Waals surface area contributed by atoms with Gasteiger partial charge in [0.2, 0.25) is 0 Å². The van der Waals surface area contributed by atoms with Gasteiger partial charge in [0.25, 0.3) is 5.91 Å². The van der Waals surface area contributed by atoms with Crippen molar-refractivity contribution in [2.24, 2.45) is 5.41 Å². The van der Waals surface area contributed by atoms with E-state index in [2.05, 4.69) is 10.4 Å². The summed E-state index contributed by atoms with van der Waals surface area (Å²) in [5, 5.41) is 16.2. The maximum atomic E-state index is 12.4. The maximum Gasteiger partial charge on any atom is 0.326 e. The van der Waals surface area contributed by atoms with E-state index in [4.69, 9.17) is 0 Å². The Morgan fingerprint density at radius 2 is 1.83 bits per heavy atom. The van der Waals surface area contributed by atoms with Gasteiger partial charge in [-0.3, -0.25) is 9.48 Å². The van der Waals surface area contributed by atoms with Crippen molar-refractivity contribution in [3.05, 3.63) is 17.5 Å². The summed E-state index contributed by atoms with van der Waals surface area (Å²) >= 11 is 0. The molecule has 0 spiro atoms. The van der Waals surface area contributed by atoms with Crippen molar-refractivity contribution >= 4 is 11.9 Å². The molecular formula is C17H29N3O3. The Kier molecular flexibility index (Phi) is 5.61. The van der Waals surface area contributed by atoms with Gasteiger partial charge in [-0.05, 0) is 46.0 Å². The van der Waals surface area contributed by atoms with Gasteiger partial charge in [0.1, 0.15) is 6.04 Å². The van der Waals surface area contributed by atoms with Crippen LogP contribution < -0.4 is 5.32 Å². The zero-order valence-electron chi connectivity index (χ0n) is 15.2. The molecule has 1 aromatic heterocycles. The monoisotopic (exact) mass is 323 g/mol. The highest BCUT2D eigenvalue weighted by atomic mass is 16.4. The third kappa shape index (κ3) is 5.37. The van der Waals surface area contributed by atoms with Gasteiger partial charge >= 0.3 is 5.97 Å². The van der Waals surface area contributed by atoms with Crippen LogP contribution in [0.2, 0.25) is 0 Å². The Balaban J connectivity index is 2.88. The molecular weight excluding hydrogens is 294 g/mol. The molecule has 0 aromatic carbocycles. The summed E-state index contributed by atoms with van der Waals surface area (Å²) in [6.45, 7) is 14.0. The molecule has 1 heterocycles. The number of amides is 1. The highest BCUT2D eigenvalue weighted by molar-refractivity contribution is 5.97. The number of carboxylic acid groups (broad SMARTS) is 1. The Hall–Kier alpha value is -1.85. The van der Waals surface area contributed by atoms with Crippen molar-refractivity contribution in [1.82, 2.24) is 15.1 Å². The summed E-state index contributed by atoms with van der Waals surface area (Å²) in [6.07, 6.45) is 2.61. The lowest BCUT2D eigenvalue weighted by molar-refractivity contribution is -0.139. The fourth-order valence-electron chi connectivity index (χ4n) is 2.38. The van der Waals surface area contributed by atoms with E-state index < -0.39 is 12.0 Å². The predicted octanol–water partition coefficient (Wildman–Crippen LogP) is 2.96. The van der Waals surface area contributed by atoms with Crippen LogP contribution in [0.3, 0.4) is 0 Å². The second-order valence-corrected chi connectivity index (χ2v) is 8.19. The number of nitrogens with zero attached hydrogens (tertiary/aromatic N) is 2. The number of carboxylic acids is 1. The lowest BCUT2D eigenvalue weighted by atomic mass is 9.88. The average molecular weight is 323 g/mol. The van der Waals surface area contributed by atoms with Crippen LogP contribution in [0, 0.1) is 12.3 Å². The molecule has 0 saturated carbocycles. The van der Waals surface area contributed by atoms with Crippen molar-refractivity contribution in [2.75, 3.05) is 0 Å². The normalized spacial score (nSPS) is 13.7. The first-order valence-corrected chi connectivity index (χ1v) is 7.92. The van der Waals surface area contributed by atoms with Crippen LogP contribution in [-0.2, 0) is 10.3 Å². The molecule has 1 unspecified atom stereocenters. The van der Waals surface area contributed by atoms with Gasteiger partial charge in [0.15, 0.2) is 0 Å². The first-order chi connectivity index (χ1) is 10.3. The van der Waals surface area contributed by atoms with Gasteiger partial charge in [-0.2, -0.15) is 5.10 Å². The standard InChI is InChI=1S/C17H29N3O3/c1-11-12(10-18-20(11)17(5,6)7)14(21)19-13(15(22)23)8-9-16(2,3)4/h10,13H,8-9H2,1-7H3,(H,19,21)(H,22,23). The second-order valence-electron chi connectivity index (χ2n) is 8.19. The van der Waals surface area contributed by atoms with Gasteiger partial charge in [-0.15, -0.1) is 0 Å². The molecule has 0 bridgehead atoms. The molecule has 130 valence electrons. The molecule has 1 aromatic rings. The predicted molar refractivity (Wildman–Crippen MR) is 89.5 cm³/mol. The van der Waals surface area contributed by atoms with E-state index >= 15 is 0 Å². The lowest BCUT2D eigenvalue weighted by Crippen LogP contribution is -2.41. The Morgan fingerprint density at radius 1 is 1.26 bits per heavy atom. The molecule has 0 radical (unpaired) electrons. The molecule has 23 heavy (non-hydrogen) atoms. The number of aromatic nitrogens is 2. The van der Waals surface area contributed by atoms with Crippen molar-refractivity contribution < 1.29 is 14.7 Å². The van der Waals surface area contributed by atoms with E-state index in [-0.39, 0.29) is 16.9 Å². The van der Waals surface area contributed by atoms with E-state index in [9.17, 15) is 14.7 Å². The van der Waals surface area contributed by atoms with Gasteiger partial charge in [0.05, 0.1) is 17.3 Å². The minimum absolute atomic E-state index is 0.0193. The largest absolute Gasteiger partial charge is 0.480 e. The number of aliphatic carboxylic acids is 1. The first-order valence-electron chi connectivity index (χ1n) is 7.92. The first kappa shape index (κ1) is 19.2. The Labute approximate surface area is 138 Å². The molecule has 2 N–H and O–H groups in total. The van der Waals surface area contributed by atoms with Crippen molar-refractivity contribution in [3.8, 4) is 0 Å². The molecule has 0 aliphatic heterocycles. The molecule has 1 atom stereocenters. The third-order valence-corrected chi connectivity index (χ3v) is 3.68. The lowest BCUT2D eigenvalue weighted by Gasteiger charge is -2.22. The highest BCUT2D eigenvalue weighted by Crippen LogP contribution is 2.22. The topological polar surface area (TPSA) is 84.2 Å². The fraction of sp³-hybridized carbons (Fsp3) is 0.706. The summed E-state index contributed by atoms with van der Waals surface area (Å²) in [7, 11) is 0. The van der Waals surface area contributed by atoms with Crippen LogP contribution in [-0.4, -0.2) is 32.8 Å². The van der Waals surface area contributed by atoms with Crippen LogP contribution in [0.1, 0.15) is 70.4 Å². The maximum absolute atomic E-state index is 12.4. The Morgan fingerprint density at radius 3 is 2.22 bits per heavy atom. The molecule has 0 aliphatic rings. The molecule has 0 saturated heterocycles. The summed E-state index contributed by atoms with van der Waals surface area (Å²) in [5.74, 6) is -1.40. The van der Waals surface area contributed by atoms with Gasteiger partial charge in [0, 0.05) is 5.69 Å². The smallest absolute Gasteiger partial charge is 0.326 e. The van der Waals surface area contributed by atoms with Crippen molar-refractivity contribution in [2.45, 2.75) is 72.9 Å². The highest BCUT2D eigenvalue weighted by Gasteiger charge is 2.26. The quantitative estimate of drug-likeness (QED) is 0.872. The van der Waals surface area contributed by atoms with Crippen LogP contribution in [0.5, 0.6) is 0 Å². The molecule has 0 aliphatic carbocycles. The van der Waals surface area contributed by atoms with Crippen LogP contribution >= 0.6 is 0 Å². The second kappa shape index (κ2) is 6.72. The van der Waals surface area contributed by atoms with E-state index in [1.54, 1.807) is 4.68 Å². The SMILES string of the molecule is Cc1c(C(=O)NC(CCC(C)(C)C)C(=O)O)cnn1C(C)(C)C. The number of carbonyl (C=O) groups is 2. The average Bonchev–Trinajstić information content (AvgIpc) is 2.74. The van der Waals surface area contributed by atoms with E-state index in [1.165, 1.54) is 6.20 Å². The summed E-state index contributed by atoms with van der Waals surface area (Å²) in [6, 6.07) is -0.890. The number of rotatable bonds is 5. The molecule has 1 amide bonds. The zero-order valence-corrected chi connectivity index (χ0v) is 15.2. The van der Waals surface area contributed by atoms with E-state index in [1.807, 2.05) is 48.5 Å². The van der Waals surface area contributed by atoms with Gasteiger partial charge in [-0.1, -0.05) is 20.8 Å². The number of hydrogen-bond acceptors (Lipinski definition) is 3. The minimum atomic E-state index is -1.01. The summed E-state index contributed by atoms with van der Waals surface area (Å²) in [4.78, 5) is 23.8. The zero-order chi connectivity index (χ0) is 18.0. The number of carbonyl (C=O) groups excluding carboxylic acids is 1. The van der Waals surface area contributed by atoms with E-state index in [0.29, 0.717) is 18.4 Å². The van der Waals surface area contributed by atoms with Gasteiger partial charge < -0.3 is 10.4 Å². The number of hydrogen-bond donors (Lipinski definition) is 2. The summed E-state index contributed by atoms with van der Waals surface area (Å²) < 4.78 is 1.77. The molecule has 6 nitrogen and oxygen atoms in total. The Bertz CT molecular complexity index is 577. The minimum Gasteiger partial charge on any atom is -0.480 e. The number of nitrogens with one attached hydrogen (secondary N) is 1. The van der Waals surface area contributed by atoms with E-state index in [0.717, 1.165) is 5.69 Å². The summed E-state index contributed by atoms with van der Waals surface area (Å²) in [5.41, 5.74) is 0.934. The van der Waals surface area contributed by atoms with Crippen molar-refractivity contribution in [3.63, 3.8) is 0 Å². The van der Waals surface area contributed by atoms with Crippen LogP contribution in [0.25, 0.3) is 0 Å². The van der Waals surface area contributed by atoms with Crippen molar-refractivity contribution in [1.29, 1.82) is 0 Å². The van der Waals surface area contributed by atoms with Crippen LogP contribution in [0.4, 0.5) is 0 Å². The third-order valence-electron chi connectivity index (χ3n) is 3.68. The van der Waals surface area contributed by atoms with Crippen LogP contribution in [0.15, 0.2) is 6.20 Å².